The first-order valence-electron chi connectivity index (χ1n) is 3.51. The van der Waals surface area contributed by atoms with Crippen LogP contribution in [0.2, 0.25) is 0 Å². The maximum absolute atomic E-state index is 9.05. The number of allylic oxidation sites excluding steroid dienone is 1. The van der Waals surface area contributed by atoms with Crippen molar-refractivity contribution >= 4 is 8.38 Å². The van der Waals surface area contributed by atoms with Gasteiger partial charge in [0, 0.05) is 6.16 Å². The molecule has 3 heteroatoms. The summed E-state index contributed by atoms with van der Waals surface area (Å²) < 4.78 is 5.07. The van der Waals surface area contributed by atoms with Crippen molar-refractivity contribution in [1.29, 1.82) is 0 Å². The molecule has 0 aliphatic rings. The summed E-state index contributed by atoms with van der Waals surface area (Å²) in [7, 11) is -1.21. The lowest BCUT2D eigenvalue weighted by atomic mass is 10.4. The topological polar surface area (TPSA) is 29.5 Å². The van der Waals surface area contributed by atoms with Gasteiger partial charge in [-0.3, -0.25) is 0 Å². The maximum Gasteiger partial charge on any atom is 0.171 e. The van der Waals surface area contributed by atoms with Crippen molar-refractivity contribution in [3.8, 4) is 0 Å². The van der Waals surface area contributed by atoms with Crippen molar-refractivity contribution in [3.05, 3.63) is 12.7 Å². The lowest BCUT2D eigenvalue weighted by Crippen LogP contribution is -1.89. The molecule has 0 rings (SSSR count). The van der Waals surface area contributed by atoms with Gasteiger partial charge in [-0.05, 0) is 6.42 Å². The number of unbranched alkanes of at least 4 members (excludes halogenated alkanes) is 1. The van der Waals surface area contributed by atoms with Crippen molar-refractivity contribution in [2.75, 3.05) is 12.8 Å². The van der Waals surface area contributed by atoms with E-state index < -0.39 is 8.38 Å². The molecular formula is C7H15O2P. The lowest BCUT2D eigenvalue weighted by molar-refractivity contribution is 0.304. The molecule has 1 atom stereocenters. The van der Waals surface area contributed by atoms with Gasteiger partial charge in [0.2, 0.25) is 0 Å². The van der Waals surface area contributed by atoms with E-state index in [4.69, 9.17) is 9.42 Å². The van der Waals surface area contributed by atoms with Crippen LogP contribution in [0.1, 0.15) is 19.8 Å². The van der Waals surface area contributed by atoms with Gasteiger partial charge < -0.3 is 9.42 Å². The Bertz CT molecular complexity index is 85.7. The predicted molar refractivity (Wildman–Crippen MR) is 45.1 cm³/mol. The van der Waals surface area contributed by atoms with Crippen LogP contribution in [0.3, 0.4) is 0 Å². The molecular weight excluding hydrogens is 147 g/mol. The van der Waals surface area contributed by atoms with Crippen LogP contribution in [0.5, 0.6) is 0 Å². The molecule has 60 valence electrons. The van der Waals surface area contributed by atoms with Gasteiger partial charge in [0.1, 0.15) is 0 Å². The first-order chi connectivity index (χ1) is 4.81. The summed E-state index contributed by atoms with van der Waals surface area (Å²) in [5, 5.41) is 0. The number of hydrogen-bond donors (Lipinski definition) is 1. The van der Waals surface area contributed by atoms with Gasteiger partial charge in [0.15, 0.2) is 8.38 Å². The standard InChI is InChI=1S/C7H15O2P/c1-3-5-6-9-10(8)7-4-2/h4,8H,2-3,5-7H2,1H3. The van der Waals surface area contributed by atoms with Crippen molar-refractivity contribution in [2.45, 2.75) is 19.8 Å². The summed E-state index contributed by atoms with van der Waals surface area (Å²) in [6, 6.07) is 0. The van der Waals surface area contributed by atoms with Gasteiger partial charge in [-0.25, -0.2) is 0 Å². The maximum atomic E-state index is 9.05. The zero-order chi connectivity index (χ0) is 7.82. The first kappa shape index (κ1) is 10.1. The molecule has 0 aromatic heterocycles. The molecule has 0 bridgehead atoms. The fraction of sp³-hybridized carbons (Fsp3) is 0.714. The Hall–Kier alpha value is 0.0900. The SMILES string of the molecule is C=CCP(O)OCCCC. The Morgan fingerprint density at radius 2 is 2.40 bits per heavy atom. The van der Waals surface area contributed by atoms with E-state index in [1.165, 1.54) is 0 Å². The summed E-state index contributed by atoms with van der Waals surface area (Å²) in [6.45, 7) is 6.27. The van der Waals surface area contributed by atoms with Crippen LogP contribution < -0.4 is 0 Å². The van der Waals surface area contributed by atoms with Crippen molar-refractivity contribution in [1.82, 2.24) is 0 Å². The Morgan fingerprint density at radius 3 is 2.90 bits per heavy atom. The Morgan fingerprint density at radius 1 is 1.70 bits per heavy atom. The van der Waals surface area contributed by atoms with Crippen molar-refractivity contribution in [3.63, 3.8) is 0 Å². The summed E-state index contributed by atoms with van der Waals surface area (Å²) >= 11 is 0. The number of rotatable bonds is 6. The largest absolute Gasteiger partial charge is 0.350 e. The smallest absolute Gasteiger partial charge is 0.171 e. The summed E-state index contributed by atoms with van der Waals surface area (Å²) in [5.74, 6) is 0. The van der Waals surface area contributed by atoms with E-state index in [1.54, 1.807) is 6.08 Å². The van der Waals surface area contributed by atoms with E-state index in [0.717, 1.165) is 12.8 Å². The summed E-state index contributed by atoms with van der Waals surface area (Å²) in [6.07, 6.45) is 4.39. The number of hydrogen-bond acceptors (Lipinski definition) is 2. The fourth-order valence-corrected chi connectivity index (χ4v) is 1.14. The normalized spacial score (nSPS) is 13.0. The average molecular weight is 162 g/mol. The van der Waals surface area contributed by atoms with Crippen LogP contribution in [-0.4, -0.2) is 17.7 Å². The van der Waals surface area contributed by atoms with Crippen LogP contribution in [-0.2, 0) is 4.52 Å². The van der Waals surface area contributed by atoms with Crippen molar-refractivity contribution < 1.29 is 9.42 Å². The molecule has 0 spiro atoms. The highest BCUT2D eigenvalue weighted by Crippen LogP contribution is 2.30. The summed E-state index contributed by atoms with van der Waals surface area (Å²) in [4.78, 5) is 9.05. The third-order valence-electron chi connectivity index (χ3n) is 1.02. The molecule has 0 saturated carbocycles. The molecule has 0 aliphatic carbocycles. The highest BCUT2D eigenvalue weighted by molar-refractivity contribution is 7.46. The van der Waals surface area contributed by atoms with E-state index in [1.807, 2.05) is 0 Å². The molecule has 2 nitrogen and oxygen atoms in total. The fourth-order valence-electron chi connectivity index (χ4n) is 0.477. The highest BCUT2D eigenvalue weighted by Gasteiger charge is 1.99. The monoisotopic (exact) mass is 162 g/mol. The van der Waals surface area contributed by atoms with Crippen LogP contribution in [0.4, 0.5) is 0 Å². The first-order valence-corrected chi connectivity index (χ1v) is 4.91. The van der Waals surface area contributed by atoms with Gasteiger partial charge in [-0.2, -0.15) is 0 Å². The Balaban J connectivity index is 3.04. The summed E-state index contributed by atoms with van der Waals surface area (Å²) in [5.41, 5.74) is 0. The quantitative estimate of drug-likeness (QED) is 0.369. The van der Waals surface area contributed by atoms with Gasteiger partial charge >= 0.3 is 0 Å². The second kappa shape index (κ2) is 7.20. The third-order valence-corrected chi connectivity index (χ3v) is 2.07. The second-order valence-corrected chi connectivity index (χ2v) is 3.34. The minimum Gasteiger partial charge on any atom is -0.350 e. The lowest BCUT2D eigenvalue weighted by Gasteiger charge is -2.06. The van der Waals surface area contributed by atoms with E-state index in [9.17, 15) is 0 Å². The van der Waals surface area contributed by atoms with Crippen molar-refractivity contribution in [2.24, 2.45) is 0 Å². The molecule has 10 heavy (non-hydrogen) atoms. The minimum atomic E-state index is -1.21. The average Bonchev–Trinajstić information content (AvgIpc) is 1.89. The van der Waals surface area contributed by atoms with Crippen LogP contribution in [0, 0.1) is 0 Å². The molecule has 0 saturated heterocycles. The third kappa shape index (κ3) is 6.21. The van der Waals surface area contributed by atoms with Gasteiger partial charge in [-0.1, -0.05) is 19.4 Å². The molecule has 1 unspecified atom stereocenters. The molecule has 0 fully saturated rings. The van der Waals surface area contributed by atoms with Gasteiger partial charge in [0.25, 0.3) is 0 Å². The van der Waals surface area contributed by atoms with E-state index in [2.05, 4.69) is 13.5 Å². The molecule has 0 heterocycles. The van der Waals surface area contributed by atoms with E-state index in [-0.39, 0.29) is 0 Å². The highest BCUT2D eigenvalue weighted by atomic mass is 31.2. The van der Waals surface area contributed by atoms with E-state index >= 15 is 0 Å². The van der Waals surface area contributed by atoms with Crippen LogP contribution in [0.15, 0.2) is 12.7 Å². The zero-order valence-corrected chi connectivity index (χ0v) is 7.31. The van der Waals surface area contributed by atoms with E-state index in [0.29, 0.717) is 12.8 Å². The van der Waals surface area contributed by atoms with Crippen LogP contribution in [0.25, 0.3) is 0 Å². The molecule has 0 radical (unpaired) electrons. The molecule has 0 amide bonds. The Kier molecular flexibility index (Phi) is 7.26. The van der Waals surface area contributed by atoms with Gasteiger partial charge in [-0.15, -0.1) is 6.58 Å². The Labute approximate surface area is 63.8 Å². The second-order valence-electron chi connectivity index (χ2n) is 2.01. The minimum absolute atomic E-state index is 0.582. The van der Waals surface area contributed by atoms with Crippen LogP contribution >= 0.6 is 8.38 Å². The molecule has 0 aliphatic heterocycles. The molecule has 0 aromatic rings. The predicted octanol–water partition coefficient (Wildman–Crippen LogP) is 2.29. The molecule has 0 aromatic carbocycles. The van der Waals surface area contributed by atoms with Gasteiger partial charge in [0.05, 0.1) is 6.61 Å². The zero-order valence-electron chi connectivity index (χ0n) is 6.42. The molecule has 1 N–H and O–H groups in total.